The Morgan fingerprint density at radius 2 is 1.60 bits per heavy atom. The van der Waals surface area contributed by atoms with Crippen LogP contribution in [0, 0.1) is 17.2 Å². The van der Waals surface area contributed by atoms with E-state index in [2.05, 4.69) is 9.68 Å². The Morgan fingerprint density at radius 3 is 2.10 bits per heavy atom. The summed E-state index contributed by atoms with van der Waals surface area (Å²) in [5.41, 5.74) is 2.33. The van der Waals surface area contributed by atoms with Crippen molar-refractivity contribution in [1.29, 1.82) is 5.41 Å². The highest BCUT2D eigenvalue weighted by Crippen LogP contribution is 2.56. The summed E-state index contributed by atoms with van der Waals surface area (Å²) in [7, 11) is 0. The van der Waals surface area contributed by atoms with Crippen LogP contribution in [0.3, 0.4) is 0 Å². The van der Waals surface area contributed by atoms with E-state index in [1.54, 1.807) is 0 Å². The van der Waals surface area contributed by atoms with Crippen LogP contribution in [0.4, 0.5) is 0 Å². The lowest BCUT2D eigenvalue weighted by Gasteiger charge is -2.47. The highest BCUT2D eigenvalue weighted by Gasteiger charge is 2.53. The molecule has 4 atom stereocenters. The van der Waals surface area contributed by atoms with Gasteiger partial charge < -0.3 is 9.68 Å². The number of hydrogen-bond donors (Lipinski definition) is 3. The zero-order valence-corrected chi connectivity index (χ0v) is 10.9. The quantitative estimate of drug-likeness (QED) is 0.426. The molecule has 0 aromatic heterocycles. The maximum absolute atomic E-state index is 12.1. The van der Waals surface area contributed by atoms with Crippen molar-refractivity contribution >= 4 is 11.9 Å². The third kappa shape index (κ3) is 1.72. The minimum absolute atomic E-state index is 0.00718. The number of fused-ring (bicyclic) bond motifs is 2. The Hall–Kier alpha value is -1.92. The smallest absolute Gasteiger partial charge is 0.328 e. The fourth-order valence-electron chi connectivity index (χ4n) is 3.92. The number of rotatable bonds is 2. The molecule has 5 N–H and O–H groups in total. The molecule has 4 rings (SSSR count). The lowest BCUT2D eigenvalue weighted by Crippen LogP contribution is -2.47. The van der Waals surface area contributed by atoms with Gasteiger partial charge in [0.15, 0.2) is 0 Å². The van der Waals surface area contributed by atoms with Crippen LogP contribution < -0.4 is 11.8 Å². The van der Waals surface area contributed by atoms with E-state index >= 15 is 0 Å². The summed E-state index contributed by atoms with van der Waals surface area (Å²) in [5.74, 6) is 8.80. The summed E-state index contributed by atoms with van der Waals surface area (Å²) in [5, 5.41) is 7.93. The summed E-state index contributed by atoms with van der Waals surface area (Å²) >= 11 is 0. The van der Waals surface area contributed by atoms with Crippen LogP contribution in [-0.2, 0) is 14.5 Å². The lowest BCUT2D eigenvalue weighted by atomic mass is 9.56. The fraction of sp³-hybridized carbons (Fsp3) is 0.429. The molecule has 1 aromatic carbocycles. The first kappa shape index (κ1) is 13.1. The maximum Gasteiger partial charge on any atom is 0.328 e. The molecule has 1 fully saturated rings. The molecular weight excluding hydrogens is 258 g/mol. The molecule has 6 nitrogen and oxygen atoms in total. The third-order valence-corrected chi connectivity index (χ3v) is 4.66. The Kier molecular flexibility index (Phi) is 3.19. The summed E-state index contributed by atoms with van der Waals surface area (Å²) in [6.07, 6.45) is 1.79. The summed E-state index contributed by atoms with van der Waals surface area (Å²) in [6, 6.07) is 8.02. The van der Waals surface area contributed by atoms with Crippen LogP contribution in [0.2, 0.25) is 0 Å². The average Bonchev–Trinajstić information content (AvgIpc) is 2.53. The van der Waals surface area contributed by atoms with Gasteiger partial charge in [-0.25, -0.2) is 0 Å². The van der Waals surface area contributed by atoms with Gasteiger partial charge in [0.25, 0.3) is 0 Å². The van der Waals surface area contributed by atoms with Gasteiger partial charge in [-0.05, 0) is 35.8 Å². The molecule has 3 aliphatic rings. The molecule has 0 spiro atoms. The van der Waals surface area contributed by atoms with E-state index in [-0.39, 0.29) is 17.7 Å². The number of nitrogens with one attached hydrogen (secondary N) is 1. The molecule has 0 radical (unpaired) electrons. The molecule has 3 aliphatic carbocycles. The first-order valence-electron chi connectivity index (χ1n) is 6.63. The molecule has 0 saturated heterocycles. The van der Waals surface area contributed by atoms with Crippen LogP contribution in [-0.4, -0.2) is 11.9 Å². The van der Waals surface area contributed by atoms with E-state index in [1.807, 2.05) is 24.3 Å². The Labute approximate surface area is 116 Å². The van der Waals surface area contributed by atoms with E-state index in [0.717, 1.165) is 18.4 Å². The number of carbonyl (C=O) groups excluding carboxylic acids is 1. The number of carbonyl (C=O) groups is 1. The maximum atomic E-state index is 12.1. The molecule has 4 unspecified atom stereocenters. The van der Waals surface area contributed by atoms with Gasteiger partial charge in [0, 0.05) is 0 Å². The van der Waals surface area contributed by atoms with Crippen molar-refractivity contribution in [1.82, 2.24) is 0 Å². The monoisotopic (exact) mass is 275 g/mol. The Balaban J connectivity index is 2.11. The van der Waals surface area contributed by atoms with Gasteiger partial charge in [0.05, 0.1) is 11.8 Å². The van der Waals surface area contributed by atoms with Crippen LogP contribution >= 0.6 is 0 Å². The van der Waals surface area contributed by atoms with Crippen molar-refractivity contribution in [2.75, 3.05) is 0 Å². The Bertz CT molecular complexity index is 511. The number of benzene rings is 1. The predicted molar refractivity (Wildman–Crippen MR) is 71.4 cm³/mol. The highest BCUT2D eigenvalue weighted by molar-refractivity contribution is 5.86. The van der Waals surface area contributed by atoms with Gasteiger partial charge in [0.2, 0.25) is 5.90 Å². The van der Waals surface area contributed by atoms with Crippen molar-refractivity contribution in [2.24, 2.45) is 23.6 Å². The summed E-state index contributed by atoms with van der Waals surface area (Å²) < 4.78 is 0. The molecule has 0 aliphatic heterocycles. The summed E-state index contributed by atoms with van der Waals surface area (Å²) in [4.78, 5) is 21.1. The number of hydrogen-bond acceptors (Lipinski definition) is 6. The van der Waals surface area contributed by atoms with Crippen molar-refractivity contribution in [3.05, 3.63) is 35.4 Å². The minimum atomic E-state index is -0.499. The van der Waals surface area contributed by atoms with Crippen molar-refractivity contribution in [3.8, 4) is 0 Å². The van der Waals surface area contributed by atoms with Gasteiger partial charge in [0.1, 0.15) is 0 Å². The molecule has 2 bridgehead atoms. The van der Waals surface area contributed by atoms with Gasteiger partial charge in [-0.1, -0.05) is 24.3 Å². The molecular formula is C14H17N3O3. The Morgan fingerprint density at radius 1 is 1.05 bits per heavy atom. The topological polar surface area (TPSA) is 111 Å². The van der Waals surface area contributed by atoms with Crippen LogP contribution in [0.15, 0.2) is 24.3 Å². The largest absolute Gasteiger partial charge is 0.396 e. The second-order valence-electron chi connectivity index (χ2n) is 5.39. The van der Waals surface area contributed by atoms with Gasteiger partial charge in [-0.15, -0.1) is 0 Å². The average molecular weight is 275 g/mol. The van der Waals surface area contributed by atoms with Crippen LogP contribution in [0.5, 0.6) is 0 Å². The first-order valence-corrected chi connectivity index (χ1v) is 6.63. The molecule has 20 heavy (non-hydrogen) atoms. The molecule has 1 saturated carbocycles. The predicted octanol–water partition coefficient (Wildman–Crippen LogP) is 1.18. The summed E-state index contributed by atoms with van der Waals surface area (Å²) in [6.45, 7) is 0. The second-order valence-corrected chi connectivity index (χ2v) is 5.39. The van der Waals surface area contributed by atoms with E-state index < -0.39 is 17.8 Å². The van der Waals surface area contributed by atoms with E-state index in [0.29, 0.717) is 0 Å². The first-order chi connectivity index (χ1) is 9.69. The normalized spacial score (nSPS) is 30.5. The standard InChI is InChI=1S/C14H17N3O3/c15-13(19-16)11-9-5-6-10(12(11)14(18)20-17)8-4-2-1-3-7(8)9/h1-4,9-12,15H,5-6,16-17H2. The van der Waals surface area contributed by atoms with Crippen molar-refractivity contribution in [2.45, 2.75) is 24.7 Å². The van der Waals surface area contributed by atoms with Crippen molar-refractivity contribution in [3.63, 3.8) is 0 Å². The number of nitrogens with two attached hydrogens (primary N) is 2. The van der Waals surface area contributed by atoms with E-state index in [4.69, 9.17) is 17.2 Å². The SMILES string of the molecule is N=C(ON)C1C2CCC(c3ccccc32)C1C(=O)ON. The molecule has 106 valence electrons. The van der Waals surface area contributed by atoms with Gasteiger partial charge in [-0.3, -0.25) is 10.2 Å². The van der Waals surface area contributed by atoms with Crippen molar-refractivity contribution < 1.29 is 14.5 Å². The van der Waals surface area contributed by atoms with Crippen LogP contribution in [0.1, 0.15) is 35.8 Å². The van der Waals surface area contributed by atoms with Crippen LogP contribution in [0.25, 0.3) is 0 Å². The minimum Gasteiger partial charge on any atom is -0.396 e. The lowest BCUT2D eigenvalue weighted by molar-refractivity contribution is -0.153. The zero-order chi connectivity index (χ0) is 14.3. The molecule has 0 heterocycles. The molecule has 6 heteroatoms. The molecule has 0 amide bonds. The molecule has 1 aromatic rings. The second kappa shape index (κ2) is 4.88. The van der Waals surface area contributed by atoms with Gasteiger partial charge in [-0.2, -0.15) is 11.8 Å². The third-order valence-electron chi connectivity index (χ3n) is 4.66. The van der Waals surface area contributed by atoms with Gasteiger partial charge >= 0.3 is 5.97 Å². The highest BCUT2D eigenvalue weighted by atomic mass is 16.7. The van der Waals surface area contributed by atoms with E-state index in [1.165, 1.54) is 5.56 Å². The van der Waals surface area contributed by atoms with E-state index in [9.17, 15) is 4.79 Å². The fourth-order valence-corrected chi connectivity index (χ4v) is 3.92. The zero-order valence-electron chi connectivity index (χ0n) is 10.9.